The van der Waals surface area contributed by atoms with Crippen LogP contribution in [0.5, 0.6) is 5.75 Å². The average Bonchev–Trinajstić information content (AvgIpc) is 2.38. The van der Waals surface area contributed by atoms with E-state index in [4.69, 9.17) is 27.9 Å². The Bertz CT molecular complexity index is 568. The van der Waals surface area contributed by atoms with Crippen molar-refractivity contribution in [3.8, 4) is 5.75 Å². The van der Waals surface area contributed by atoms with Crippen LogP contribution < -0.4 is 4.74 Å². The molecule has 2 aromatic rings. The highest BCUT2D eigenvalue weighted by Gasteiger charge is 2.09. The fraction of sp³-hybridized carbons (Fsp3) is 0.200. The maximum Gasteiger partial charge on any atom is 0.125 e. The van der Waals surface area contributed by atoms with Gasteiger partial charge in [0.25, 0.3) is 0 Å². The molecule has 0 radical (unpaired) electrons. The molecule has 100 valence electrons. The lowest BCUT2D eigenvalue weighted by Gasteiger charge is -2.13. The largest absolute Gasteiger partial charge is 0.488 e. The SMILES string of the molecule is C[C@H](O)c1ccccc1OCc1ccc(Cl)cc1Cl. The molecule has 0 amide bonds. The highest BCUT2D eigenvalue weighted by atomic mass is 35.5. The maximum absolute atomic E-state index is 9.67. The molecule has 0 spiro atoms. The number of aliphatic hydroxyl groups is 1. The summed E-state index contributed by atoms with van der Waals surface area (Å²) in [5.74, 6) is 0.656. The third-order valence-electron chi connectivity index (χ3n) is 2.77. The number of hydrogen-bond acceptors (Lipinski definition) is 2. The number of rotatable bonds is 4. The summed E-state index contributed by atoms with van der Waals surface area (Å²) in [6, 6.07) is 12.7. The second-order valence-electron chi connectivity index (χ2n) is 4.24. The Kier molecular flexibility index (Phi) is 4.70. The van der Waals surface area contributed by atoms with Gasteiger partial charge >= 0.3 is 0 Å². The van der Waals surface area contributed by atoms with Gasteiger partial charge in [-0.05, 0) is 25.1 Å². The summed E-state index contributed by atoms with van der Waals surface area (Å²) in [5, 5.41) is 10.8. The second-order valence-corrected chi connectivity index (χ2v) is 5.08. The van der Waals surface area contributed by atoms with E-state index in [1.807, 2.05) is 30.3 Å². The van der Waals surface area contributed by atoms with Gasteiger partial charge in [0.15, 0.2) is 0 Å². The number of ether oxygens (including phenoxy) is 1. The molecule has 1 atom stereocenters. The molecular formula is C15H14Cl2O2. The zero-order valence-corrected chi connectivity index (χ0v) is 11.9. The van der Waals surface area contributed by atoms with Crippen molar-refractivity contribution in [2.24, 2.45) is 0 Å². The first-order valence-corrected chi connectivity index (χ1v) is 6.67. The Morgan fingerprint density at radius 3 is 2.58 bits per heavy atom. The first kappa shape index (κ1) is 14.2. The smallest absolute Gasteiger partial charge is 0.125 e. The van der Waals surface area contributed by atoms with E-state index in [2.05, 4.69) is 0 Å². The summed E-state index contributed by atoms with van der Waals surface area (Å²) in [6.07, 6.45) is -0.572. The maximum atomic E-state index is 9.67. The molecule has 19 heavy (non-hydrogen) atoms. The van der Waals surface area contributed by atoms with Crippen LogP contribution in [0.3, 0.4) is 0 Å². The Balaban J connectivity index is 2.14. The average molecular weight is 297 g/mol. The normalized spacial score (nSPS) is 12.2. The van der Waals surface area contributed by atoms with E-state index in [0.717, 1.165) is 11.1 Å². The molecule has 0 aromatic heterocycles. The van der Waals surface area contributed by atoms with E-state index >= 15 is 0 Å². The van der Waals surface area contributed by atoms with E-state index in [1.165, 1.54) is 0 Å². The fourth-order valence-electron chi connectivity index (χ4n) is 1.75. The van der Waals surface area contributed by atoms with Crippen LogP contribution in [0.4, 0.5) is 0 Å². The van der Waals surface area contributed by atoms with Crippen LogP contribution in [0.2, 0.25) is 10.0 Å². The Hall–Kier alpha value is -1.22. The molecular weight excluding hydrogens is 283 g/mol. The molecule has 0 fully saturated rings. The molecule has 0 aliphatic rings. The van der Waals surface area contributed by atoms with Crippen LogP contribution in [-0.4, -0.2) is 5.11 Å². The summed E-state index contributed by atoms with van der Waals surface area (Å²) in [5.41, 5.74) is 1.61. The minimum atomic E-state index is -0.572. The van der Waals surface area contributed by atoms with Gasteiger partial charge in [0, 0.05) is 21.2 Å². The zero-order chi connectivity index (χ0) is 13.8. The molecule has 1 N–H and O–H groups in total. The van der Waals surface area contributed by atoms with Crippen molar-refractivity contribution in [3.63, 3.8) is 0 Å². The highest BCUT2D eigenvalue weighted by Crippen LogP contribution is 2.27. The molecule has 0 heterocycles. The molecule has 0 aliphatic heterocycles. The number of benzene rings is 2. The lowest BCUT2D eigenvalue weighted by Crippen LogP contribution is -2.01. The van der Waals surface area contributed by atoms with E-state index < -0.39 is 6.10 Å². The van der Waals surface area contributed by atoms with Crippen LogP contribution in [0.1, 0.15) is 24.2 Å². The van der Waals surface area contributed by atoms with E-state index in [1.54, 1.807) is 19.1 Å². The van der Waals surface area contributed by atoms with Gasteiger partial charge in [-0.25, -0.2) is 0 Å². The van der Waals surface area contributed by atoms with Gasteiger partial charge in [0.05, 0.1) is 6.10 Å². The van der Waals surface area contributed by atoms with Gasteiger partial charge < -0.3 is 9.84 Å². The fourth-order valence-corrected chi connectivity index (χ4v) is 2.21. The minimum absolute atomic E-state index is 0.333. The van der Waals surface area contributed by atoms with Gasteiger partial charge in [0.2, 0.25) is 0 Å². The van der Waals surface area contributed by atoms with Crippen LogP contribution in [0, 0.1) is 0 Å². The molecule has 2 rings (SSSR count). The van der Waals surface area contributed by atoms with Crippen LogP contribution in [0.25, 0.3) is 0 Å². The zero-order valence-electron chi connectivity index (χ0n) is 10.4. The predicted molar refractivity (Wildman–Crippen MR) is 77.9 cm³/mol. The molecule has 0 aliphatic carbocycles. The first-order chi connectivity index (χ1) is 9.08. The summed E-state index contributed by atoms with van der Waals surface area (Å²) in [7, 11) is 0. The summed E-state index contributed by atoms with van der Waals surface area (Å²) >= 11 is 11.9. The molecule has 2 aromatic carbocycles. The lowest BCUT2D eigenvalue weighted by atomic mass is 10.1. The Labute approximate surface area is 122 Å². The number of aliphatic hydroxyl groups excluding tert-OH is 1. The molecule has 0 saturated carbocycles. The molecule has 0 bridgehead atoms. The third kappa shape index (κ3) is 3.63. The van der Waals surface area contributed by atoms with Crippen LogP contribution >= 0.6 is 23.2 Å². The van der Waals surface area contributed by atoms with Gasteiger partial charge in [0.1, 0.15) is 12.4 Å². The Morgan fingerprint density at radius 1 is 1.16 bits per heavy atom. The van der Waals surface area contributed by atoms with Gasteiger partial charge in [-0.15, -0.1) is 0 Å². The number of para-hydroxylation sites is 1. The molecule has 0 saturated heterocycles. The molecule has 2 nitrogen and oxygen atoms in total. The summed E-state index contributed by atoms with van der Waals surface area (Å²) in [6.45, 7) is 2.04. The molecule has 4 heteroatoms. The van der Waals surface area contributed by atoms with Crippen molar-refractivity contribution in [2.45, 2.75) is 19.6 Å². The first-order valence-electron chi connectivity index (χ1n) is 5.91. The highest BCUT2D eigenvalue weighted by molar-refractivity contribution is 6.35. The van der Waals surface area contributed by atoms with Gasteiger partial charge in [-0.1, -0.05) is 47.5 Å². The van der Waals surface area contributed by atoms with Crippen molar-refractivity contribution < 1.29 is 9.84 Å². The van der Waals surface area contributed by atoms with Crippen LogP contribution in [-0.2, 0) is 6.61 Å². The standard InChI is InChI=1S/C15H14Cl2O2/c1-10(18)13-4-2-3-5-15(13)19-9-11-6-7-12(16)8-14(11)17/h2-8,10,18H,9H2,1H3/t10-/m0/s1. The predicted octanol–water partition coefficient (Wildman–Crippen LogP) is 4.63. The second kappa shape index (κ2) is 6.29. The summed E-state index contributed by atoms with van der Waals surface area (Å²) in [4.78, 5) is 0. The minimum Gasteiger partial charge on any atom is -0.488 e. The van der Waals surface area contributed by atoms with Crippen molar-refractivity contribution in [1.29, 1.82) is 0 Å². The van der Waals surface area contributed by atoms with Crippen molar-refractivity contribution in [2.75, 3.05) is 0 Å². The number of halogens is 2. The lowest BCUT2D eigenvalue weighted by molar-refractivity contribution is 0.190. The van der Waals surface area contributed by atoms with Crippen LogP contribution in [0.15, 0.2) is 42.5 Å². The summed E-state index contributed by atoms with van der Waals surface area (Å²) < 4.78 is 5.72. The number of hydrogen-bond donors (Lipinski definition) is 1. The topological polar surface area (TPSA) is 29.5 Å². The monoisotopic (exact) mass is 296 g/mol. The molecule has 0 unspecified atom stereocenters. The van der Waals surface area contributed by atoms with E-state index in [9.17, 15) is 5.11 Å². The van der Waals surface area contributed by atoms with E-state index in [0.29, 0.717) is 22.4 Å². The van der Waals surface area contributed by atoms with Crippen molar-refractivity contribution in [3.05, 3.63) is 63.6 Å². The van der Waals surface area contributed by atoms with Crippen molar-refractivity contribution >= 4 is 23.2 Å². The van der Waals surface area contributed by atoms with Crippen molar-refractivity contribution in [1.82, 2.24) is 0 Å². The van der Waals surface area contributed by atoms with Gasteiger partial charge in [-0.2, -0.15) is 0 Å². The quantitative estimate of drug-likeness (QED) is 0.891. The Morgan fingerprint density at radius 2 is 1.89 bits per heavy atom. The van der Waals surface area contributed by atoms with Gasteiger partial charge in [-0.3, -0.25) is 0 Å². The van der Waals surface area contributed by atoms with E-state index in [-0.39, 0.29) is 0 Å². The third-order valence-corrected chi connectivity index (χ3v) is 3.35.